The number of pyridine rings is 3. The number of aryl methyl sites for hydroxylation is 4. The summed E-state index contributed by atoms with van der Waals surface area (Å²) in [6, 6.07) is 35.4. The van der Waals surface area contributed by atoms with Crippen LogP contribution in [0.25, 0.3) is 66.4 Å². The molecule has 47 heavy (non-hydrogen) atoms. The minimum absolute atomic E-state index is 0. The summed E-state index contributed by atoms with van der Waals surface area (Å²) in [6.07, 6.45) is 7.51. The number of para-hydroxylation sites is 1. The molecule has 8 rings (SSSR count). The summed E-state index contributed by atoms with van der Waals surface area (Å²) in [4.78, 5) is 13.3. The molecular weight excluding hydrogens is 755 g/mol. The third kappa shape index (κ3) is 6.13. The van der Waals surface area contributed by atoms with E-state index in [1.807, 2.05) is 48.9 Å². The monoisotopic (exact) mass is 788 g/mol. The zero-order chi connectivity index (χ0) is 31.8. The van der Waals surface area contributed by atoms with Crippen LogP contribution in [-0.2, 0) is 20.1 Å². The third-order valence-corrected chi connectivity index (χ3v) is 8.73. The Morgan fingerprint density at radius 1 is 0.638 bits per heavy atom. The van der Waals surface area contributed by atoms with Gasteiger partial charge in [0.2, 0.25) is 0 Å². The van der Waals surface area contributed by atoms with Gasteiger partial charge < -0.3 is 14.4 Å². The van der Waals surface area contributed by atoms with Crippen LogP contribution in [-0.4, -0.2) is 15.0 Å². The fourth-order valence-corrected chi connectivity index (χ4v) is 5.92. The second-order valence-corrected chi connectivity index (χ2v) is 11.8. The zero-order valence-corrected chi connectivity index (χ0v) is 29.4. The summed E-state index contributed by atoms with van der Waals surface area (Å²) < 4.78 is 6.58. The molecule has 5 heteroatoms. The topological polar surface area (TPSA) is 51.8 Å². The molecule has 0 atom stereocenters. The second-order valence-electron chi connectivity index (χ2n) is 11.8. The Bertz CT molecular complexity index is 2360. The SMILES string of the molecule is Cc1c[c-]c(-c2cc(C)c(C)cn2)cc1.Cc1cc2ccncc2c(-c2cccc3c2oc2c(-c4ccccn4)[c-]ccc23)c1C.[Ir]. The van der Waals surface area contributed by atoms with Crippen LogP contribution in [0.15, 0.2) is 114 Å². The Balaban J connectivity index is 0.000000204. The molecular formula is C42H33IrN3O-2. The van der Waals surface area contributed by atoms with Crippen LogP contribution >= 0.6 is 0 Å². The molecule has 0 spiro atoms. The van der Waals surface area contributed by atoms with Crippen LogP contribution < -0.4 is 0 Å². The molecule has 0 aliphatic carbocycles. The Morgan fingerprint density at radius 2 is 1.49 bits per heavy atom. The normalized spacial score (nSPS) is 10.9. The number of hydrogen-bond donors (Lipinski definition) is 0. The fraction of sp³-hybridized carbons (Fsp3) is 0.119. The van der Waals surface area contributed by atoms with Crippen LogP contribution in [0.5, 0.6) is 0 Å². The van der Waals surface area contributed by atoms with Crippen LogP contribution in [0.3, 0.4) is 0 Å². The predicted molar refractivity (Wildman–Crippen MR) is 189 cm³/mol. The van der Waals surface area contributed by atoms with Gasteiger partial charge in [0.25, 0.3) is 0 Å². The molecule has 0 unspecified atom stereocenters. The van der Waals surface area contributed by atoms with Crippen LogP contribution in [0.1, 0.15) is 27.8 Å². The summed E-state index contributed by atoms with van der Waals surface area (Å²) >= 11 is 0. The first kappa shape index (κ1) is 32.0. The smallest absolute Gasteiger partial charge is 0.128 e. The van der Waals surface area contributed by atoms with E-state index in [0.29, 0.717) is 0 Å². The molecule has 8 aromatic rings. The molecule has 0 saturated carbocycles. The van der Waals surface area contributed by atoms with Crippen molar-refractivity contribution in [1.82, 2.24) is 15.0 Å². The summed E-state index contributed by atoms with van der Waals surface area (Å²) in [5, 5.41) is 4.49. The first-order valence-corrected chi connectivity index (χ1v) is 15.4. The van der Waals surface area contributed by atoms with E-state index >= 15 is 0 Å². The van der Waals surface area contributed by atoms with Crippen molar-refractivity contribution < 1.29 is 24.5 Å². The number of furan rings is 1. The quantitative estimate of drug-likeness (QED) is 0.167. The van der Waals surface area contributed by atoms with Crippen molar-refractivity contribution in [2.75, 3.05) is 0 Å². The molecule has 4 aromatic carbocycles. The van der Waals surface area contributed by atoms with Crippen molar-refractivity contribution in [3.8, 4) is 33.6 Å². The van der Waals surface area contributed by atoms with E-state index in [1.165, 1.54) is 38.8 Å². The van der Waals surface area contributed by atoms with Gasteiger partial charge in [-0.25, -0.2) is 0 Å². The minimum atomic E-state index is 0. The Hall–Kier alpha value is -4.96. The first-order valence-electron chi connectivity index (χ1n) is 15.4. The molecule has 0 saturated heterocycles. The molecule has 0 bridgehead atoms. The van der Waals surface area contributed by atoms with E-state index in [2.05, 4.69) is 116 Å². The Labute approximate surface area is 288 Å². The summed E-state index contributed by atoms with van der Waals surface area (Å²) in [5.41, 5.74) is 14.0. The van der Waals surface area contributed by atoms with E-state index in [0.717, 1.165) is 55.4 Å². The van der Waals surface area contributed by atoms with Crippen molar-refractivity contribution in [3.63, 3.8) is 0 Å². The van der Waals surface area contributed by atoms with Crippen LogP contribution in [0, 0.1) is 46.8 Å². The van der Waals surface area contributed by atoms with Gasteiger partial charge in [0.05, 0.1) is 5.58 Å². The van der Waals surface area contributed by atoms with Gasteiger partial charge >= 0.3 is 0 Å². The van der Waals surface area contributed by atoms with Crippen molar-refractivity contribution in [3.05, 3.63) is 150 Å². The number of nitrogens with zero attached hydrogens (tertiary/aromatic N) is 3. The largest absolute Gasteiger partial charge is 0.500 e. The molecule has 233 valence electrons. The van der Waals surface area contributed by atoms with Crippen molar-refractivity contribution >= 4 is 32.7 Å². The zero-order valence-electron chi connectivity index (χ0n) is 27.0. The predicted octanol–water partition coefficient (Wildman–Crippen LogP) is 10.8. The van der Waals surface area contributed by atoms with E-state index < -0.39 is 0 Å². The van der Waals surface area contributed by atoms with Gasteiger partial charge in [0.15, 0.2) is 0 Å². The standard InChI is InChI=1S/C28H19N2O.C14H14N.Ir/c1-17-15-19-12-14-29-16-24(19)26(18(17)2)23-10-6-8-21-20-7-5-9-22(27(20)31-28(21)23)25-11-3-4-13-30-25;1-10-4-6-13(7-5-10)14-8-11(2)12(3)9-15-14;/h3-8,10-16H,1-2H3;4-6,8-9H,1-3H3;/q2*-1;. The minimum Gasteiger partial charge on any atom is -0.500 e. The third-order valence-electron chi connectivity index (χ3n) is 8.73. The Morgan fingerprint density at radius 3 is 2.26 bits per heavy atom. The molecule has 4 heterocycles. The van der Waals surface area contributed by atoms with Crippen molar-refractivity contribution in [2.24, 2.45) is 0 Å². The molecule has 4 aromatic heterocycles. The molecule has 4 nitrogen and oxygen atoms in total. The van der Waals surface area contributed by atoms with Gasteiger partial charge in [-0.2, -0.15) is 0 Å². The molecule has 1 radical (unpaired) electrons. The molecule has 0 aliphatic heterocycles. The fourth-order valence-electron chi connectivity index (χ4n) is 5.92. The molecule has 0 N–H and O–H groups in total. The molecule has 0 amide bonds. The Kier molecular flexibility index (Phi) is 9.13. The maximum atomic E-state index is 6.58. The average Bonchev–Trinajstić information content (AvgIpc) is 3.47. The van der Waals surface area contributed by atoms with E-state index in [9.17, 15) is 0 Å². The van der Waals surface area contributed by atoms with Gasteiger partial charge in [0.1, 0.15) is 5.58 Å². The number of rotatable bonds is 3. The van der Waals surface area contributed by atoms with Gasteiger partial charge in [-0.1, -0.05) is 65.9 Å². The van der Waals surface area contributed by atoms with E-state index in [1.54, 1.807) is 6.20 Å². The number of fused-ring (bicyclic) bond motifs is 4. The second kappa shape index (κ2) is 13.4. The van der Waals surface area contributed by atoms with Crippen LogP contribution in [0.4, 0.5) is 0 Å². The number of benzene rings is 4. The van der Waals surface area contributed by atoms with E-state index in [4.69, 9.17) is 4.42 Å². The average molecular weight is 788 g/mol. The van der Waals surface area contributed by atoms with Crippen LogP contribution in [0.2, 0.25) is 0 Å². The van der Waals surface area contributed by atoms with Gasteiger partial charge in [-0.05, 0) is 78.9 Å². The first-order chi connectivity index (χ1) is 22.4. The van der Waals surface area contributed by atoms with Gasteiger partial charge in [0, 0.05) is 61.2 Å². The maximum Gasteiger partial charge on any atom is 0.128 e. The summed E-state index contributed by atoms with van der Waals surface area (Å²) in [7, 11) is 0. The van der Waals surface area contributed by atoms with E-state index in [-0.39, 0.29) is 20.1 Å². The summed E-state index contributed by atoms with van der Waals surface area (Å²) in [5.74, 6) is 0. The van der Waals surface area contributed by atoms with Crippen molar-refractivity contribution in [2.45, 2.75) is 34.6 Å². The van der Waals surface area contributed by atoms with Gasteiger partial charge in [-0.3, -0.25) is 4.98 Å². The number of hydrogen-bond acceptors (Lipinski definition) is 4. The summed E-state index contributed by atoms with van der Waals surface area (Å²) in [6.45, 7) is 10.6. The van der Waals surface area contributed by atoms with Crippen molar-refractivity contribution in [1.29, 1.82) is 0 Å². The molecule has 0 aliphatic rings. The maximum absolute atomic E-state index is 6.58. The van der Waals surface area contributed by atoms with Gasteiger partial charge in [-0.15, -0.1) is 53.6 Å². The molecule has 0 fully saturated rings. The number of aromatic nitrogens is 3.